The third-order valence-electron chi connectivity index (χ3n) is 4.90. The van der Waals surface area contributed by atoms with Gasteiger partial charge >= 0.3 is 11.7 Å². The summed E-state index contributed by atoms with van der Waals surface area (Å²) in [6, 6.07) is 8.05. The number of ether oxygens (including phenoxy) is 2. The molecule has 190 valence electrons. The Kier molecular flexibility index (Phi) is 9.32. The molecule has 0 N–H and O–H groups in total. The van der Waals surface area contributed by atoms with E-state index in [2.05, 4.69) is 41.9 Å². The number of aromatic nitrogens is 2. The second kappa shape index (κ2) is 12.2. The Balaban J connectivity index is 2.00. The first-order valence-electron chi connectivity index (χ1n) is 11.2. The molecule has 36 heavy (non-hydrogen) atoms. The SMILES string of the molecule is CCCCc1nc2ccc(Br)cc2c(=O)n1N=Cc1cc(Br)c(OCC(=O)OC(C)C)c([N+](=O)[O-])c1. The number of hydrogen-bond acceptors (Lipinski definition) is 8. The minimum atomic E-state index is -0.647. The van der Waals surface area contributed by atoms with Gasteiger partial charge in [0.2, 0.25) is 5.75 Å². The third-order valence-corrected chi connectivity index (χ3v) is 5.98. The van der Waals surface area contributed by atoms with Crippen LogP contribution in [0.1, 0.15) is 45.0 Å². The van der Waals surface area contributed by atoms with Gasteiger partial charge in [0.25, 0.3) is 5.56 Å². The molecule has 0 aliphatic rings. The number of nitro groups is 1. The molecule has 0 saturated heterocycles. The number of nitrogens with zero attached hydrogens (tertiary/aromatic N) is 4. The van der Waals surface area contributed by atoms with Crippen LogP contribution >= 0.6 is 31.9 Å². The first-order valence-corrected chi connectivity index (χ1v) is 12.7. The van der Waals surface area contributed by atoms with Crippen LogP contribution < -0.4 is 10.3 Å². The normalized spacial score (nSPS) is 11.4. The van der Waals surface area contributed by atoms with E-state index in [1.807, 2.05) is 13.0 Å². The summed E-state index contributed by atoms with van der Waals surface area (Å²) in [5, 5.41) is 16.4. The number of benzene rings is 2. The van der Waals surface area contributed by atoms with E-state index in [-0.39, 0.29) is 27.6 Å². The first-order chi connectivity index (χ1) is 17.1. The van der Waals surface area contributed by atoms with E-state index < -0.39 is 17.5 Å². The fourth-order valence-electron chi connectivity index (χ4n) is 3.32. The lowest BCUT2D eigenvalue weighted by Gasteiger charge is -2.11. The molecule has 0 aliphatic carbocycles. The smallest absolute Gasteiger partial charge is 0.344 e. The molecule has 3 aromatic rings. The molecule has 0 amide bonds. The van der Waals surface area contributed by atoms with Gasteiger partial charge < -0.3 is 9.47 Å². The maximum atomic E-state index is 13.2. The Labute approximate surface area is 223 Å². The zero-order valence-corrected chi connectivity index (χ0v) is 23.0. The number of halogens is 2. The molecule has 2 aromatic carbocycles. The zero-order chi connectivity index (χ0) is 26.4. The average Bonchev–Trinajstić information content (AvgIpc) is 2.81. The summed E-state index contributed by atoms with van der Waals surface area (Å²) in [5.41, 5.74) is 0.188. The lowest BCUT2D eigenvalue weighted by atomic mass is 10.2. The van der Waals surface area contributed by atoms with Crippen molar-refractivity contribution in [3.8, 4) is 5.75 Å². The van der Waals surface area contributed by atoms with E-state index in [1.54, 1.807) is 32.0 Å². The van der Waals surface area contributed by atoms with Gasteiger partial charge in [-0.25, -0.2) is 9.78 Å². The van der Waals surface area contributed by atoms with Gasteiger partial charge in [-0.1, -0.05) is 29.3 Å². The van der Waals surface area contributed by atoms with Crippen LogP contribution in [-0.2, 0) is 16.0 Å². The fraction of sp³-hybridized carbons (Fsp3) is 0.333. The van der Waals surface area contributed by atoms with Gasteiger partial charge in [-0.15, -0.1) is 0 Å². The van der Waals surface area contributed by atoms with E-state index in [0.29, 0.717) is 28.7 Å². The minimum Gasteiger partial charge on any atom is -0.474 e. The maximum Gasteiger partial charge on any atom is 0.344 e. The van der Waals surface area contributed by atoms with Gasteiger partial charge in [0, 0.05) is 22.5 Å². The van der Waals surface area contributed by atoms with Gasteiger partial charge in [-0.05, 0) is 60.5 Å². The quantitative estimate of drug-likeness (QED) is 0.128. The molecule has 1 aromatic heterocycles. The monoisotopic (exact) mass is 622 g/mol. The highest BCUT2D eigenvalue weighted by atomic mass is 79.9. The molecule has 0 atom stereocenters. The van der Waals surface area contributed by atoms with Crippen molar-refractivity contribution in [2.45, 2.75) is 46.1 Å². The Hall–Kier alpha value is -3.12. The second-order valence-electron chi connectivity index (χ2n) is 8.09. The summed E-state index contributed by atoms with van der Waals surface area (Å²) >= 11 is 6.64. The molecule has 0 unspecified atom stereocenters. The number of carbonyl (C=O) groups is 1. The van der Waals surface area contributed by atoms with E-state index in [1.165, 1.54) is 17.0 Å². The van der Waals surface area contributed by atoms with Gasteiger partial charge in [0.05, 0.1) is 32.6 Å². The number of unbranched alkanes of at least 4 members (excludes halogenated alkanes) is 1. The zero-order valence-electron chi connectivity index (χ0n) is 19.9. The fourth-order valence-corrected chi connectivity index (χ4v) is 4.26. The number of carbonyl (C=O) groups excluding carboxylic acids is 1. The summed E-state index contributed by atoms with van der Waals surface area (Å²) in [4.78, 5) is 40.7. The van der Waals surface area contributed by atoms with Gasteiger partial charge in [0.1, 0.15) is 5.82 Å². The van der Waals surface area contributed by atoms with Crippen molar-refractivity contribution >= 4 is 60.6 Å². The van der Waals surface area contributed by atoms with E-state index in [0.717, 1.165) is 17.3 Å². The molecule has 0 bridgehead atoms. The topological polar surface area (TPSA) is 126 Å². The lowest BCUT2D eigenvalue weighted by Crippen LogP contribution is -2.22. The predicted molar refractivity (Wildman–Crippen MR) is 143 cm³/mol. The molecule has 10 nitrogen and oxygen atoms in total. The summed E-state index contributed by atoms with van der Waals surface area (Å²) in [7, 11) is 0. The van der Waals surface area contributed by atoms with Crippen molar-refractivity contribution in [1.29, 1.82) is 0 Å². The Bertz CT molecular complexity index is 1390. The number of aryl methyl sites for hydroxylation is 1. The Morgan fingerprint density at radius 2 is 2.03 bits per heavy atom. The van der Waals surface area contributed by atoms with E-state index in [9.17, 15) is 19.7 Å². The molecule has 0 fully saturated rings. The molecule has 0 saturated carbocycles. The summed E-state index contributed by atoms with van der Waals surface area (Å²) < 4.78 is 12.6. The molecule has 0 spiro atoms. The van der Waals surface area contributed by atoms with Gasteiger partial charge in [0.15, 0.2) is 6.61 Å². The minimum absolute atomic E-state index is 0.115. The van der Waals surface area contributed by atoms with Crippen LogP contribution in [0.15, 0.2) is 49.2 Å². The van der Waals surface area contributed by atoms with Crippen molar-refractivity contribution in [1.82, 2.24) is 9.66 Å². The van der Waals surface area contributed by atoms with Crippen LogP contribution in [0.5, 0.6) is 5.75 Å². The number of nitro benzene ring substituents is 1. The first kappa shape index (κ1) is 27.5. The van der Waals surface area contributed by atoms with E-state index >= 15 is 0 Å². The Morgan fingerprint density at radius 3 is 2.69 bits per heavy atom. The van der Waals surface area contributed by atoms with Crippen LogP contribution in [0, 0.1) is 10.1 Å². The van der Waals surface area contributed by atoms with Crippen molar-refractivity contribution in [3.63, 3.8) is 0 Å². The molecule has 0 radical (unpaired) electrons. The third kappa shape index (κ3) is 6.76. The van der Waals surface area contributed by atoms with Gasteiger partial charge in [-0.2, -0.15) is 9.78 Å². The van der Waals surface area contributed by atoms with Crippen molar-refractivity contribution in [2.75, 3.05) is 6.61 Å². The standard InChI is InChI=1S/C24H24Br2N4O6/c1-4-5-6-21-28-19-8-7-16(25)11-17(19)24(32)29(21)27-12-15-9-18(26)23(20(10-15)30(33)34)35-13-22(31)36-14(2)3/h7-12,14H,4-6,13H2,1-3H3. The number of rotatable bonds is 10. The van der Waals surface area contributed by atoms with Crippen LogP contribution in [0.3, 0.4) is 0 Å². The number of esters is 1. The van der Waals surface area contributed by atoms with Crippen molar-refractivity contribution < 1.29 is 19.2 Å². The summed E-state index contributed by atoms with van der Waals surface area (Å²) in [5.74, 6) is -0.271. The van der Waals surface area contributed by atoms with Crippen LogP contribution in [-0.4, -0.2) is 39.5 Å². The highest BCUT2D eigenvalue weighted by Gasteiger charge is 2.22. The van der Waals surface area contributed by atoms with E-state index in [4.69, 9.17) is 9.47 Å². The molecule has 3 rings (SSSR count). The molecule has 0 aliphatic heterocycles. The summed E-state index contributed by atoms with van der Waals surface area (Å²) in [6.07, 6.45) is 3.26. The molecule has 12 heteroatoms. The summed E-state index contributed by atoms with van der Waals surface area (Å²) in [6.45, 7) is 4.92. The van der Waals surface area contributed by atoms with Crippen LogP contribution in [0.4, 0.5) is 5.69 Å². The second-order valence-corrected chi connectivity index (χ2v) is 9.86. The highest BCUT2D eigenvalue weighted by Crippen LogP contribution is 2.36. The predicted octanol–water partition coefficient (Wildman–Crippen LogP) is 5.38. The van der Waals surface area contributed by atoms with Crippen LogP contribution in [0.2, 0.25) is 0 Å². The number of hydrogen-bond donors (Lipinski definition) is 0. The maximum absolute atomic E-state index is 13.2. The molecule has 1 heterocycles. The van der Waals surface area contributed by atoms with Gasteiger partial charge in [-0.3, -0.25) is 14.9 Å². The molecular weight excluding hydrogens is 600 g/mol. The largest absolute Gasteiger partial charge is 0.474 e. The highest BCUT2D eigenvalue weighted by molar-refractivity contribution is 9.10. The van der Waals surface area contributed by atoms with Crippen molar-refractivity contribution in [3.05, 3.63) is 71.1 Å². The van der Waals surface area contributed by atoms with Crippen LogP contribution in [0.25, 0.3) is 10.9 Å². The average molecular weight is 624 g/mol. The lowest BCUT2D eigenvalue weighted by molar-refractivity contribution is -0.385. The molecular formula is C24H24Br2N4O6. The number of fused-ring (bicyclic) bond motifs is 1. The Morgan fingerprint density at radius 1 is 1.28 bits per heavy atom. The van der Waals surface area contributed by atoms with Crippen molar-refractivity contribution in [2.24, 2.45) is 5.10 Å².